The first kappa shape index (κ1) is 16.9. The number of benzene rings is 1. The molecule has 1 aliphatic rings. The highest BCUT2D eigenvalue weighted by Gasteiger charge is 2.10. The standard InChI is InChI=1S/C16H21ClN6O/c1-12-10-13(17)2-3-14(12)20-15-11-19-22-16(21-15)18-4-5-23-6-8-24-9-7-23/h2-3,10-11H,4-9H2,1H3,(H2,18,20,21,22). The van der Waals surface area contributed by atoms with Gasteiger partial charge in [0.15, 0.2) is 5.82 Å². The van der Waals surface area contributed by atoms with Crippen molar-refractivity contribution in [2.45, 2.75) is 6.92 Å². The van der Waals surface area contributed by atoms with Crippen molar-refractivity contribution in [2.24, 2.45) is 0 Å². The Balaban J connectivity index is 1.55. The van der Waals surface area contributed by atoms with Gasteiger partial charge in [-0.2, -0.15) is 10.1 Å². The molecule has 2 aromatic rings. The molecule has 1 aromatic heterocycles. The number of aryl methyl sites for hydroxylation is 1. The number of halogens is 1. The third-order valence-electron chi connectivity index (χ3n) is 3.82. The van der Waals surface area contributed by atoms with Crippen LogP contribution < -0.4 is 10.6 Å². The predicted molar refractivity (Wildman–Crippen MR) is 95.0 cm³/mol. The molecule has 7 nitrogen and oxygen atoms in total. The number of ether oxygens (including phenoxy) is 1. The summed E-state index contributed by atoms with van der Waals surface area (Å²) >= 11 is 5.98. The van der Waals surface area contributed by atoms with E-state index >= 15 is 0 Å². The normalized spacial score (nSPS) is 15.2. The van der Waals surface area contributed by atoms with Crippen LogP contribution in [0, 0.1) is 6.92 Å². The van der Waals surface area contributed by atoms with Crippen LogP contribution in [-0.4, -0.2) is 59.5 Å². The van der Waals surface area contributed by atoms with Crippen LogP contribution in [0.5, 0.6) is 0 Å². The minimum absolute atomic E-state index is 0.514. The van der Waals surface area contributed by atoms with Crippen LogP contribution in [0.3, 0.4) is 0 Å². The molecule has 1 aliphatic heterocycles. The number of nitrogens with one attached hydrogen (secondary N) is 2. The zero-order valence-corrected chi connectivity index (χ0v) is 14.4. The largest absolute Gasteiger partial charge is 0.379 e. The molecule has 1 fully saturated rings. The van der Waals surface area contributed by atoms with Crippen molar-refractivity contribution in [3.05, 3.63) is 35.0 Å². The van der Waals surface area contributed by atoms with Crippen LogP contribution in [0.15, 0.2) is 24.4 Å². The molecule has 3 rings (SSSR count). The van der Waals surface area contributed by atoms with Gasteiger partial charge in [-0.25, -0.2) is 0 Å². The summed E-state index contributed by atoms with van der Waals surface area (Å²) in [5.41, 5.74) is 1.99. The van der Waals surface area contributed by atoms with Gasteiger partial charge in [0.25, 0.3) is 0 Å². The van der Waals surface area contributed by atoms with Gasteiger partial charge in [-0.3, -0.25) is 4.90 Å². The third-order valence-corrected chi connectivity index (χ3v) is 4.06. The van der Waals surface area contributed by atoms with Gasteiger partial charge in [0.05, 0.1) is 19.4 Å². The summed E-state index contributed by atoms with van der Waals surface area (Å²) in [6.45, 7) is 7.24. The average molecular weight is 349 g/mol. The van der Waals surface area contributed by atoms with E-state index in [0.29, 0.717) is 16.8 Å². The van der Waals surface area contributed by atoms with E-state index in [1.807, 2.05) is 25.1 Å². The number of rotatable bonds is 6. The third kappa shape index (κ3) is 4.77. The Morgan fingerprint density at radius 3 is 2.92 bits per heavy atom. The molecular formula is C16H21ClN6O. The van der Waals surface area contributed by atoms with E-state index in [2.05, 4.69) is 30.7 Å². The molecule has 1 aromatic carbocycles. The smallest absolute Gasteiger partial charge is 0.244 e. The number of morpholine rings is 1. The number of nitrogens with zero attached hydrogens (tertiary/aromatic N) is 4. The van der Waals surface area contributed by atoms with Crippen LogP contribution in [0.2, 0.25) is 5.02 Å². The summed E-state index contributed by atoms with van der Waals surface area (Å²) in [5, 5.41) is 15.2. The monoisotopic (exact) mass is 348 g/mol. The molecule has 24 heavy (non-hydrogen) atoms. The van der Waals surface area contributed by atoms with E-state index in [4.69, 9.17) is 16.3 Å². The molecule has 0 unspecified atom stereocenters. The van der Waals surface area contributed by atoms with Crippen LogP contribution in [0.4, 0.5) is 17.5 Å². The van der Waals surface area contributed by atoms with Gasteiger partial charge in [-0.1, -0.05) is 11.6 Å². The first-order valence-electron chi connectivity index (χ1n) is 7.97. The molecule has 0 bridgehead atoms. The Labute approximate surface area is 146 Å². The maximum absolute atomic E-state index is 5.98. The van der Waals surface area contributed by atoms with Crippen LogP contribution >= 0.6 is 11.6 Å². The highest BCUT2D eigenvalue weighted by molar-refractivity contribution is 6.30. The first-order chi connectivity index (χ1) is 11.7. The molecular weight excluding hydrogens is 328 g/mol. The quantitative estimate of drug-likeness (QED) is 0.829. The van der Waals surface area contributed by atoms with Crippen molar-refractivity contribution >= 4 is 29.1 Å². The predicted octanol–water partition coefficient (Wildman–Crippen LogP) is 2.32. The van der Waals surface area contributed by atoms with Crippen LogP contribution in [0.25, 0.3) is 0 Å². The minimum Gasteiger partial charge on any atom is -0.379 e. The SMILES string of the molecule is Cc1cc(Cl)ccc1Nc1cnnc(NCCN2CCOCC2)n1. The van der Waals surface area contributed by atoms with Crippen molar-refractivity contribution in [2.75, 3.05) is 50.0 Å². The molecule has 2 N–H and O–H groups in total. The lowest BCUT2D eigenvalue weighted by Crippen LogP contribution is -2.39. The summed E-state index contributed by atoms with van der Waals surface area (Å²) in [7, 11) is 0. The molecule has 128 valence electrons. The molecule has 0 amide bonds. The van der Waals surface area contributed by atoms with Crippen molar-refractivity contribution in [3.63, 3.8) is 0 Å². The topological polar surface area (TPSA) is 75.2 Å². The number of aromatic nitrogens is 3. The van der Waals surface area contributed by atoms with Gasteiger partial charge in [0, 0.05) is 36.9 Å². The number of anilines is 3. The Hall–Kier alpha value is -1.96. The Morgan fingerprint density at radius 1 is 1.29 bits per heavy atom. The average Bonchev–Trinajstić information content (AvgIpc) is 2.59. The van der Waals surface area contributed by atoms with Gasteiger partial charge in [0.2, 0.25) is 5.95 Å². The second-order valence-corrected chi connectivity index (χ2v) is 6.07. The van der Waals surface area contributed by atoms with Crippen molar-refractivity contribution in [1.82, 2.24) is 20.1 Å². The van der Waals surface area contributed by atoms with Crippen LogP contribution in [-0.2, 0) is 4.74 Å². The molecule has 8 heteroatoms. The molecule has 0 atom stereocenters. The Kier molecular flexibility index (Phi) is 5.79. The van der Waals surface area contributed by atoms with Gasteiger partial charge in [0.1, 0.15) is 0 Å². The van der Waals surface area contributed by atoms with E-state index in [0.717, 1.165) is 50.6 Å². The van der Waals surface area contributed by atoms with Gasteiger partial charge >= 0.3 is 0 Å². The lowest BCUT2D eigenvalue weighted by molar-refractivity contribution is 0.0398. The van der Waals surface area contributed by atoms with Crippen molar-refractivity contribution < 1.29 is 4.74 Å². The Morgan fingerprint density at radius 2 is 2.12 bits per heavy atom. The maximum atomic E-state index is 5.98. The van der Waals surface area contributed by atoms with E-state index in [-0.39, 0.29) is 0 Å². The van der Waals surface area contributed by atoms with Gasteiger partial charge < -0.3 is 15.4 Å². The molecule has 0 radical (unpaired) electrons. The van der Waals surface area contributed by atoms with E-state index in [9.17, 15) is 0 Å². The van der Waals surface area contributed by atoms with Gasteiger partial charge in [-0.05, 0) is 30.7 Å². The fraction of sp³-hybridized carbons (Fsp3) is 0.438. The summed E-state index contributed by atoms with van der Waals surface area (Å²) in [6.07, 6.45) is 1.60. The van der Waals surface area contributed by atoms with Crippen molar-refractivity contribution in [3.8, 4) is 0 Å². The van der Waals surface area contributed by atoms with Crippen molar-refractivity contribution in [1.29, 1.82) is 0 Å². The van der Waals surface area contributed by atoms with E-state index in [1.54, 1.807) is 6.20 Å². The molecule has 0 spiro atoms. The van der Waals surface area contributed by atoms with Gasteiger partial charge in [-0.15, -0.1) is 5.10 Å². The van der Waals surface area contributed by atoms with Crippen LogP contribution in [0.1, 0.15) is 5.56 Å². The summed E-state index contributed by atoms with van der Waals surface area (Å²) in [5.74, 6) is 1.16. The molecule has 2 heterocycles. The lowest BCUT2D eigenvalue weighted by atomic mass is 10.2. The Bertz CT molecular complexity index is 677. The highest BCUT2D eigenvalue weighted by atomic mass is 35.5. The fourth-order valence-corrected chi connectivity index (χ4v) is 2.72. The molecule has 0 aliphatic carbocycles. The number of hydrogen-bond acceptors (Lipinski definition) is 7. The number of hydrogen-bond donors (Lipinski definition) is 2. The maximum Gasteiger partial charge on any atom is 0.244 e. The highest BCUT2D eigenvalue weighted by Crippen LogP contribution is 2.22. The minimum atomic E-state index is 0.514. The second-order valence-electron chi connectivity index (χ2n) is 5.63. The summed E-state index contributed by atoms with van der Waals surface area (Å²) in [4.78, 5) is 6.79. The zero-order chi connectivity index (χ0) is 16.8. The second kappa shape index (κ2) is 8.23. The first-order valence-corrected chi connectivity index (χ1v) is 8.35. The molecule has 1 saturated heterocycles. The van der Waals surface area contributed by atoms with E-state index in [1.165, 1.54) is 0 Å². The summed E-state index contributed by atoms with van der Waals surface area (Å²) in [6, 6.07) is 5.66. The molecule has 0 saturated carbocycles. The fourth-order valence-electron chi connectivity index (χ4n) is 2.49. The van der Waals surface area contributed by atoms with E-state index < -0.39 is 0 Å². The summed E-state index contributed by atoms with van der Waals surface area (Å²) < 4.78 is 5.34. The zero-order valence-electron chi connectivity index (χ0n) is 13.6. The lowest BCUT2D eigenvalue weighted by Gasteiger charge is -2.26.